The van der Waals surface area contributed by atoms with Crippen molar-refractivity contribution in [1.82, 2.24) is 10.6 Å². The summed E-state index contributed by atoms with van der Waals surface area (Å²) in [7, 11) is 0. The summed E-state index contributed by atoms with van der Waals surface area (Å²) < 4.78 is 1.36. The van der Waals surface area contributed by atoms with Gasteiger partial charge in [0.2, 0.25) is 5.91 Å². The summed E-state index contributed by atoms with van der Waals surface area (Å²) in [5.74, 6) is 0.179. The molecular weight excluding hydrogens is 359 g/mol. The number of hydrogen-bond donors (Lipinski definition) is 2. The van der Waals surface area contributed by atoms with Crippen LogP contribution in [-0.4, -0.2) is 18.5 Å². The predicted octanol–water partition coefficient (Wildman–Crippen LogP) is 2.60. The van der Waals surface area contributed by atoms with Crippen molar-refractivity contribution in [3.05, 3.63) is 19.4 Å². The summed E-state index contributed by atoms with van der Waals surface area (Å²) in [5, 5.41) is 6.52. The number of aryl methyl sites for hydroxylation is 1. The van der Waals surface area contributed by atoms with Gasteiger partial charge in [0, 0.05) is 17.5 Å². The number of fused-ring (bicyclic) bond motifs is 1. The largest absolute Gasteiger partial charge is 0.355 e. The quantitative estimate of drug-likeness (QED) is 0.780. The minimum atomic E-state index is 0.00672. The third-order valence-electron chi connectivity index (χ3n) is 3.77. The van der Waals surface area contributed by atoms with Crippen LogP contribution < -0.4 is 10.6 Å². The average molecular weight is 376 g/mol. The van der Waals surface area contributed by atoms with Crippen LogP contribution in [-0.2, 0) is 11.2 Å². The topological polar surface area (TPSA) is 41.1 Å². The fourth-order valence-electron chi connectivity index (χ4n) is 2.87. The van der Waals surface area contributed by atoms with Crippen LogP contribution in [0.2, 0.25) is 0 Å². The fourth-order valence-corrected chi connectivity index (χ4v) is 4.99. The Balaban J connectivity index is 1.75. The molecule has 1 aliphatic carbocycles. The number of carbonyl (C=O) groups is 1. The maximum Gasteiger partial charge on any atom is 0.237 e. The highest BCUT2D eigenvalue weighted by Gasteiger charge is 2.28. The first kappa shape index (κ1) is 12.9. The number of hydrogen-bond acceptors (Lipinski definition) is 3. The zero-order valence-corrected chi connectivity index (χ0v) is 13.1. The molecule has 1 fully saturated rings. The first-order valence-electron chi connectivity index (χ1n) is 6.56. The van der Waals surface area contributed by atoms with E-state index in [-0.39, 0.29) is 11.9 Å². The van der Waals surface area contributed by atoms with Crippen molar-refractivity contribution in [3.63, 3.8) is 0 Å². The number of carbonyl (C=O) groups excluding carboxylic acids is 1. The second-order valence-corrected chi connectivity index (χ2v) is 8.06. The molecule has 1 saturated heterocycles. The molecule has 1 aliphatic heterocycles. The van der Waals surface area contributed by atoms with Gasteiger partial charge in [-0.25, -0.2) is 0 Å². The summed E-state index contributed by atoms with van der Waals surface area (Å²) >= 11 is 4.30. The van der Waals surface area contributed by atoms with E-state index in [4.69, 9.17) is 0 Å². The second kappa shape index (κ2) is 5.46. The Labute approximate surface area is 125 Å². The molecule has 2 N–H and O–H groups in total. The zero-order chi connectivity index (χ0) is 12.5. The number of piperidine rings is 1. The molecule has 18 heavy (non-hydrogen) atoms. The Morgan fingerprint density at radius 3 is 3.00 bits per heavy atom. The van der Waals surface area contributed by atoms with Gasteiger partial charge in [-0.05, 0) is 66.3 Å². The molecule has 3 nitrogen and oxygen atoms in total. The molecule has 2 aliphatic rings. The molecule has 0 bridgehead atoms. The fraction of sp³-hybridized carbons (Fsp3) is 0.615. The summed E-state index contributed by atoms with van der Waals surface area (Å²) in [6, 6.07) is 2.67. The Bertz CT molecular complexity index is 460. The van der Waals surface area contributed by atoms with E-state index in [2.05, 4.69) is 39.3 Å². The van der Waals surface area contributed by atoms with Gasteiger partial charge in [-0.3, -0.25) is 10.1 Å². The van der Waals surface area contributed by atoms with Crippen LogP contribution in [0, 0.1) is 2.88 Å². The van der Waals surface area contributed by atoms with Crippen molar-refractivity contribution < 1.29 is 4.79 Å². The van der Waals surface area contributed by atoms with Crippen LogP contribution >= 0.6 is 33.9 Å². The van der Waals surface area contributed by atoms with Crippen molar-refractivity contribution in [3.8, 4) is 0 Å². The third kappa shape index (κ3) is 2.58. The van der Waals surface area contributed by atoms with Crippen LogP contribution in [0.15, 0.2) is 6.07 Å². The minimum absolute atomic E-state index is 0.00672. The van der Waals surface area contributed by atoms with Gasteiger partial charge in [0.25, 0.3) is 0 Å². The van der Waals surface area contributed by atoms with Gasteiger partial charge >= 0.3 is 0 Å². The molecule has 98 valence electrons. The average Bonchev–Trinajstić information content (AvgIpc) is 2.73. The first-order valence-corrected chi connectivity index (χ1v) is 8.45. The number of amides is 1. The molecule has 0 spiro atoms. The Kier molecular flexibility index (Phi) is 3.91. The number of thiophene rings is 1. The highest BCUT2D eigenvalue weighted by molar-refractivity contribution is 14.1. The van der Waals surface area contributed by atoms with Gasteiger partial charge in [0.15, 0.2) is 0 Å². The maximum atomic E-state index is 11.8. The zero-order valence-electron chi connectivity index (χ0n) is 10.2. The SMILES string of the molecule is O=C1NCCCC1NC1CCCc2sc(I)cc21. The standard InChI is InChI=1S/C13H17IN2OS/c14-12-7-8-9(3-1-5-11(8)18-12)16-10-4-2-6-15-13(10)17/h7,9-10,16H,1-6H2,(H,15,17). The normalized spacial score (nSPS) is 27.7. The second-order valence-electron chi connectivity index (χ2n) is 5.03. The molecule has 2 heterocycles. The number of nitrogens with one attached hydrogen (secondary N) is 2. The van der Waals surface area contributed by atoms with Crippen molar-refractivity contribution in [2.75, 3.05) is 6.54 Å². The van der Waals surface area contributed by atoms with Gasteiger partial charge in [0.1, 0.15) is 0 Å². The molecule has 1 aromatic rings. The molecule has 0 radical (unpaired) electrons. The molecule has 2 atom stereocenters. The highest BCUT2D eigenvalue weighted by Crippen LogP contribution is 2.36. The van der Waals surface area contributed by atoms with Crippen molar-refractivity contribution in [2.24, 2.45) is 0 Å². The van der Waals surface area contributed by atoms with E-state index in [9.17, 15) is 4.79 Å². The van der Waals surface area contributed by atoms with Gasteiger partial charge in [0.05, 0.1) is 8.93 Å². The van der Waals surface area contributed by atoms with Gasteiger partial charge in [-0.1, -0.05) is 0 Å². The van der Waals surface area contributed by atoms with E-state index in [0.29, 0.717) is 6.04 Å². The van der Waals surface area contributed by atoms with Crippen LogP contribution in [0.4, 0.5) is 0 Å². The van der Waals surface area contributed by atoms with Gasteiger partial charge in [-0.15, -0.1) is 11.3 Å². The van der Waals surface area contributed by atoms with E-state index < -0.39 is 0 Å². The molecule has 1 aromatic heterocycles. The maximum absolute atomic E-state index is 11.8. The van der Waals surface area contributed by atoms with E-state index >= 15 is 0 Å². The van der Waals surface area contributed by atoms with E-state index in [1.54, 1.807) is 0 Å². The Morgan fingerprint density at radius 1 is 1.33 bits per heavy atom. The van der Waals surface area contributed by atoms with Crippen molar-refractivity contribution in [1.29, 1.82) is 0 Å². The molecule has 0 saturated carbocycles. The summed E-state index contributed by atoms with van der Waals surface area (Å²) in [6.45, 7) is 0.837. The molecule has 5 heteroatoms. The molecule has 0 aromatic carbocycles. The lowest BCUT2D eigenvalue weighted by Crippen LogP contribution is -2.49. The molecule has 2 unspecified atom stereocenters. The number of halogens is 1. The van der Waals surface area contributed by atoms with Crippen LogP contribution in [0.5, 0.6) is 0 Å². The Morgan fingerprint density at radius 2 is 2.17 bits per heavy atom. The van der Waals surface area contributed by atoms with E-state index in [1.165, 1.54) is 26.2 Å². The van der Waals surface area contributed by atoms with E-state index in [0.717, 1.165) is 25.8 Å². The summed E-state index contributed by atoms with van der Waals surface area (Å²) in [5.41, 5.74) is 1.44. The van der Waals surface area contributed by atoms with Gasteiger partial charge in [-0.2, -0.15) is 0 Å². The van der Waals surface area contributed by atoms with Crippen molar-refractivity contribution >= 4 is 39.8 Å². The van der Waals surface area contributed by atoms with E-state index in [1.807, 2.05) is 11.3 Å². The summed E-state index contributed by atoms with van der Waals surface area (Å²) in [4.78, 5) is 13.3. The number of rotatable bonds is 2. The highest BCUT2D eigenvalue weighted by atomic mass is 127. The van der Waals surface area contributed by atoms with Gasteiger partial charge < -0.3 is 5.32 Å². The molecular formula is C13H17IN2OS. The van der Waals surface area contributed by atoms with Crippen LogP contribution in [0.3, 0.4) is 0 Å². The summed E-state index contributed by atoms with van der Waals surface area (Å²) in [6.07, 6.45) is 5.65. The Hall–Kier alpha value is -0.140. The minimum Gasteiger partial charge on any atom is -0.355 e. The lowest BCUT2D eigenvalue weighted by molar-refractivity contribution is -0.124. The molecule has 3 rings (SSSR count). The molecule has 1 amide bonds. The first-order chi connectivity index (χ1) is 8.74. The van der Waals surface area contributed by atoms with Crippen LogP contribution in [0.1, 0.15) is 42.2 Å². The smallest absolute Gasteiger partial charge is 0.237 e. The third-order valence-corrected chi connectivity index (χ3v) is 5.74. The van der Waals surface area contributed by atoms with Crippen molar-refractivity contribution in [2.45, 2.75) is 44.2 Å². The lowest BCUT2D eigenvalue weighted by atomic mass is 9.92. The van der Waals surface area contributed by atoms with Crippen LogP contribution in [0.25, 0.3) is 0 Å². The predicted molar refractivity (Wildman–Crippen MR) is 81.9 cm³/mol. The lowest BCUT2D eigenvalue weighted by Gasteiger charge is -2.30. The monoisotopic (exact) mass is 376 g/mol.